The number of carbonyl (C=O) groups is 1. The maximum atomic E-state index is 12.7. The van der Waals surface area contributed by atoms with Crippen molar-refractivity contribution in [2.75, 3.05) is 26.2 Å². The molecule has 2 atom stereocenters. The summed E-state index contributed by atoms with van der Waals surface area (Å²) in [6, 6.07) is 5.31. The lowest BCUT2D eigenvalue weighted by atomic mass is 10.0. The lowest BCUT2D eigenvalue weighted by Gasteiger charge is -2.33. The zero-order valence-electron chi connectivity index (χ0n) is 16.9. The molecule has 1 saturated carbocycles. The summed E-state index contributed by atoms with van der Waals surface area (Å²) in [5, 5.41) is 3.32. The lowest BCUT2D eigenvalue weighted by Crippen LogP contribution is -2.47. The highest BCUT2D eigenvalue weighted by Gasteiger charge is 2.37. The molecule has 0 unspecified atom stereocenters. The molecule has 0 spiro atoms. The number of hydrogen-bond donors (Lipinski definition) is 2. The molecule has 3 N–H and O–H groups in total. The van der Waals surface area contributed by atoms with Gasteiger partial charge in [0.1, 0.15) is 0 Å². The first kappa shape index (κ1) is 19.8. The first-order valence-corrected chi connectivity index (χ1v) is 11.1. The minimum atomic E-state index is 0.231. The molecule has 0 bridgehead atoms. The van der Waals surface area contributed by atoms with Gasteiger partial charge in [-0.15, -0.1) is 0 Å². The number of rotatable bonds is 8. The third kappa shape index (κ3) is 5.31. The van der Waals surface area contributed by atoms with Crippen LogP contribution in [0.4, 0.5) is 0 Å². The van der Waals surface area contributed by atoms with Crippen molar-refractivity contribution in [2.24, 2.45) is 11.7 Å². The van der Waals surface area contributed by atoms with E-state index in [9.17, 15) is 4.79 Å². The average molecular weight is 386 g/mol. The zero-order chi connectivity index (χ0) is 19.3. The summed E-state index contributed by atoms with van der Waals surface area (Å²) in [6.07, 6.45) is 11.4. The Morgan fingerprint density at radius 3 is 2.61 bits per heavy atom. The van der Waals surface area contributed by atoms with Crippen LogP contribution in [0.5, 0.6) is 0 Å². The van der Waals surface area contributed by atoms with Crippen LogP contribution >= 0.6 is 0 Å². The number of nitrogens with two attached hydrogens (primary N) is 1. The first-order chi connectivity index (χ1) is 13.7. The van der Waals surface area contributed by atoms with Gasteiger partial charge in [-0.05, 0) is 56.1 Å². The van der Waals surface area contributed by atoms with Gasteiger partial charge in [-0.3, -0.25) is 19.6 Å². The van der Waals surface area contributed by atoms with Gasteiger partial charge >= 0.3 is 0 Å². The Morgan fingerprint density at radius 2 is 1.93 bits per heavy atom. The SMILES string of the molecule is NC[C@H]1CC[C@@H](CC(=O)NC2CCN(Cc3cccnc3)CC2)N1CC1CC1. The summed E-state index contributed by atoms with van der Waals surface area (Å²) in [7, 11) is 0. The Morgan fingerprint density at radius 1 is 1.14 bits per heavy atom. The van der Waals surface area contributed by atoms with Crippen molar-refractivity contribution in [2.45, 2.75) is 69.6 Å². The average Bonchev–Trinajstić information content (AvgIpc) is 3.45. The van der Waals surface area contributed by atoms with E-state index in [1.807, 2.05) is 18.5 Å². The predicted molar refractivity (Wildman–Crippen MR) is 111 cm³/mol. The number of likely N-dealkylation sites (tertiary alicyclic amines) is 2. The normalized spacial score (nSPS) is 27.2. The molecule has 2 saturated heterocycles. The Hall–Kier alpha value is -1.50. The molecule has 1 aromatic heterocycles. The summed E-state index contributed by atoms with van der Waals surface area (Å²) in [5.41, 5.74) is 7.24. The van der Waals surface area contributed by atoms with E-state index in [0.29, 0.717) is 24.5 Å². The molecule has 28 heavy (non-hydrogen) atoms. The number of carbonyl (C=O) groups excluding carboxylic acids is 1. The second kappa shape index (κ2) is 9.33. The maximum Gasteiger partial charge on any atom is 0.221 e. The van der Waals surface area contributed by atoms with Crippen LogP contribution in [0, 0.1) is 5.92 Å². The van der Waals surface area contributed by atoms with Crippen LogP contribution in [-0.4, -0.2) is 65.0 Å². The van der Waals surface area contributed by atoms with Gasteiger partial charge in [0.25, 0.3) is 0 Å². The van der Waals surface area contributed by atoms with E-state index in [2.05, 4.69) is 26.2 Å². The first-order valence-electron chi connectivity index (χ1n) is 11.1. The summed E-state index contributed by atoms with van der Waals surface area (Å²) in [6.45, 7) is 4.89. The van der Waals surface area contributed by atoms with E-state index in [1.54, 1.807) is 0 Å². The van der Waals surface area contributed by atoms with Gasteiger partial charge in [0.15, 0.2) is 0 Å². The molecule has 0 radical (unpaired) electrons. The van der Waals surface area contributed by atoms with Crippen molar-refractivity contribution in [1.29, 1.82) is 0 Å². The van der Waals surface area contributed by atoms with Crippen molar-refractivity contribution >= 4 is 5.91 Å². The summed E-state index contributed by atoms with van der Waals surface area (Å²) >= 11 is 0. The van der Waals surface area contributed by atoms with Gasteiger partial charge in [0.2, 0.25) is 5.91 Å². The van der Waals surface area contributed by atoms with Crippen LogP contribution in [-0.2, 0) is 11.3 Å². The molecule has 4 rings (SSSR count). The van der Waals surface area contributed by atoms with Gasteiger partial charge in [0, 0.05) is 69.7 Å². The number of piperidine rings is 1. The van der Waals surface area contributed by atoms with E-state index < -0.39 is 0 Å². The quantitative estimate of drug-likeness (QED) is 0.713. The topological polar surface area (TPSA) is 74.5 Å². The highest BCUT2D eigenvalue weighted by atomic mass is 16.1. The Balaban J connectivity index is 1.20. The number of amides is 1. The van der Waals surface area contributed by atoms with Crippen molar-refractivity contribution in [1.82, 2.24) is 20.1 Å². The van der Waals surface area contributed by atoms with Gasteiger partial charge in [-0.2, -0.15) is 0 Å². The molecule has 3 fully saturated rings. The molecule has 1 amide bonds. The Labute approximate surface area is 168 Å². The predicted octanol–water partition coefficient (Wildman–Crippen LogP) is 1.75. The molecule has 1 aromatic rings. The highest BCUT2D eigenvalue weighted by Crippen LogP contribution is 2.35. The van der Waals surface area contributed by atoms with Crippen molar-refractivity contribution < 1.29 is 4.79 Å². The summed E-state index contributed by atoms with van der Waals surface area (Å²) < 4.78 is 0. The van der Waals surface area contributed by atoms with E-state index in [0.717, 1.165) is 64.3 Å². The number of nitrogens with zero attached hydrogens (tertiary/aromatic N) is 3. The van der Waals surface area contributed by atoms with Crippen molar-refractivity contribution in [3.8, 4) is 0 Å². The van der Waals surface area contributed by atoms with E-state index >= 15 is 0 Å². The van der Waals surface area contributed by atoms with Crippen LogP contribution in [0.2, 0.25) is 0 Å². The smallest absolute Gasteiger partial charge is 0.221 e. The molecule has 3 heterocycles. The molecule has 0 aromatic carbocycles. The lowest BCUT2D eigenvalue weighted by molar-refractivity contribution is -0.123. The fourth-order valence-electron chi connectivity index (χ4n) is 4.87. The van der Waals surface area contributed by atoms with Crippen LogP contribution in [0.3, 0.4) is 0 Å². The van der Waals surface area contributed by atoms with E-state index in [1.165, 1.54) is 18.4 Å². The molecule has 6 heteroatoms. The molecular formula is C22H35N5O. The van der Waals surface area contributed by atoms with Crippen LogP contribution in [0.25, 0.3) is 0 Å². The third-order valence-corrected chi connectivity index (χ3v) is 6.71. The Bertz CT molecular complexity index is 627. The minimum absolute atomic E-state index is 0.231. The van der Waals surface area contributed by atoms with Crippen molar-refractivity contribution in [3.63, 3.8) is 0 Å². The molecular weight excluding hydrogens is 350 g/mol. The van der Waals surface area contributed by atoms with Crippen molar-refractivity contribution in [3.05, 3.63) is 30.1 Å². The molecule has 3 aliphatic rings. The largest absolute Gasteiger partial charge is 0.353 e. The third-order valence-electron chi connectivity index (χ3n) is 6.71. The van der Waals surface area contributed by atoms with Gasteiger partial charge in [0.05, 0.1) is 0 Å². The molecule has 1 aliphatic carbocycles. The van der Waals surface area contributed by atoms with Gasteiger partial charge in [-0.25, -0.2) is 0 Å². The molecule has 154 valence electrons. The van der Waals surface area contributed by atoms with Crippen LogP contribution in [0.15, 0.2) is 24.5 Å². The number of hydrogen-bond acceptors (Lipinski definition) is 5. The highest BCUT2D eigenvalue weighted by molar-refractivity contribution is 5.77. The van der Waals surface area contributed by atoms with Gasteiger partial charge < -0.3 is 11.1 Å². The molecule has 2 aliphatic heterocycles. The maximum absolute atomic E-state index is 12.7. The Kier molecular flexibility index (Phi) is 6.60. The van der Waals surface area contributed by atoms with E-state index in [4.69, 9.17) is 5.73 Å². The van der Waals surface area contributed by atoms with Gasteiger partial charge in [-0.1, -0.05) is 6.07 Å². The van der Waals surface area contributed by atoms with E-state index in [-0.39, 0.29) is 5.91 Å². The van der Waals surface area contributed by atoms with Crippen LogP contribution in [0.1, 0.15) is 50.5 Å². The second-order valence-electron chi connectivity index (χ2n) is 8.94. The second-order valence-corrected chi connectivity index (χ2v) is 8.94. The fraction of sp³-hybridized carbons (Fsp3) is 0.727. The fourth-order valence-corrected chi connectivity index (χ4v) is 4.87. The number of nitrogens with one attached hydrogen (secondary N) is 1. The monoisotopic (exact) mass is 385 g/mol. The number of aromatic nitrogens is 1. The van der Waals surface area contributed by atoms with Crippen LogP contribution < -0.4 is 11.1 Å². The number of pyridine rings is 1. The zero-order valence-corrected chi connectivity index (χ0v) is 16.9. The standard InChI is InChI=1S/C22H35N5O/c23-13-21-6-5-20(27(21)16-17-3-4-17)12-22(28)25-19-7-10-26(11-8-19)15-18-2-1-9-24-14-18/h1-2,9,14,17,19-21H,3-8,10-13,15-16,23H2,(H,25,28)/t20-,21+/m0/s1. The molecule has 6 nitrogen and oxygen atoms in total. The summed E-state index contributed by atoms with van der Waals surface area (Å²) in [4.78, 5) is 21.9. The minimum Gasteiger partial charge on any atom is -0.353 e. The summed E-state index contributed by atoms with van der Waals surface area (Å²) in [5.74, 6) is 1.08.